The van der Waals surface area contributed by atoms with Crippen molar-refractivity contribution in [1.29, 1.82) is 0 Å². The molecule has 4 heteroatoms. The van der Waals surface area contributed by atoms with Gasteiger partial charge in [-0.3, -0.25) is 4.79 Å². The van der Waals surface area contributed by atoms with E-state index in [-0.39, 0.29) is 5.91 Å². The van der Waals surface area contributed by atoms with Crippen molar-refractivity contribution in [3.63, 3.8) is 0 Å². The van der Waals surface area contributed by atoms with Crippen molar-refractivity contribution in [3.05, 3.63) is 21.9 Å². The number of hydrogen-bond acceptors (Lipinski definition) is 3. The third-order valence-corrected chi connectivity index (χ3v) is 4.48. The van der Waals surface area contributed by atoms with Crippen molar-refractivity contribution in [1.82, 2.24) is 10.2 Å². The van der Waals surface area contributed by atoms with E-state index in [1.165, 1.54) is 18.4 Å². The second-order valence-corrected chi connectivity index (χ2v) is 6.00. The van der Waals surface area contributed by atoms with Gasteiger partial charge in [0.25, 0.3) is 5.91 Å². The third kappa shape index (κ3) is 2.24. The molecule has 1 amide bonds. The Kier molecular flexibility index (Phi) is 2.92. The molecular weight excluding hydrogens is 232 g/mol. The molecule has 1 aromatic rings. The van der Waals surface area contributed by atoms with Crippen LogP contribution in [0.3, 0.4) is 0 Å². The average molecular weight is 250 g/mol. The van der Waals surface area contributed by atoms with Gasteiger partial charge in [-0.05, 0) is 42.7 Å². The zero-order valence-electron chi connectivity index (χ0n) is 10.1. The van der Waals surface area contributed by atoms with Crippen LogP contribution in [-0.2, 0) is 0 Å². The number of thiophene rings is 1. The van der Waals surface area contributed by atoms with Gasteiger partial charge in [0.2, 0.25) is 0 Å². The molecule has 0 spiro atoms. The van der Waals surface area contributed by atoms with E-state index in [1.807, 2.05) is 4.90 Å². The summed E-state index contributed by atoms with van der Waals surface area (Å²) in [6.45, 7) is 4.72. The minimum atomic E-state index is 0.246. The van der Waals surface area contributed by atoms with Gasteiger partial charge < -0.3 is 10.2 Å². The van der Waals surface area contributed by atoms with Gasteiger partial charge in [-0.1, -0.05) is 0 Å². The molecule has 0 aromatic carbocycles. The van der Waals surface area contributed by atoms with Crippen molar-refractivity contribution in [2.24, 2.45) is 0 Å². The molecule has 3 rings (SSSR count). The van der Waals surface area contributed by atoms with Gasteiger partial charge in [0, 0.05) is 25.7 Å². The fourth-order valence-electron chi connectivity index (χ4n) is 2.47. The van der Waals surface area contributed by atoms with Crippen LogP contribution in [0.15, 0.2) is 11.4 Å². The number of rotatable bonds is 2. The molecular formula is C13H18N2OS. The monoisotopic (exact) mass is 250 g/mol. The van der Waals surface area contributed by atoms with Gasteiger partial charge in [-0.2, -0.15) is 0 Å². The molecule has 17 heavy (non-hydrogen) atoms. The summed E-state index contributed by atoms with van der Waals surface area (Å²) in [5.41, 5.74) is 1.30. The highest BCUT2D eigenvalue weighted by molar-refractivity contribution is 7.12. The van der Waals surface area contributed by atoms with Gasteiger partial charge in [-0.15, -0.1) is 11.3 Å². The quantitative estimate of drug-likeness (QED) is 0.871. The Morgan fingerprint density at radius 2 is 2.35 bits per heavy atom. The maximum atomic E-state index is 12.5. The van der Waals surface area contributed by atoms with Crippen LogP contribution < -0.4 is 5.32 Å². The van der Waals surface area contributed by atoms with Gasteiger partial charge in [-0.25, -0.2) is 0 Å². The molecule has 92 valence electrons. The molecule has 2 fully saturated rings. The smallest absolute Gasteiger partial charge is 0.264 e. The molecule has 1 unspecified atom stereocenters. The van der Waals surface area contributed by atoms with E-state index >= 15 is 0 Å². The fourth-order valence-corrected chi connectivity index (χ4v) is 3.42. The van der Waals surface area contributed by atoms with E-state index < -0.39 is 0 Å². The molecule has 1 aromatic heterocycles. The number of piperazine rings is 1. The van der Waals surface area contributed by atoms with Crippen molar-refractivity contribution < 1.29 is 4.79 Å². The molecule has 1 saturated carbocycles. The molecule has 1 atom stereocenters. The maximum absolute atomic E-state index is 12.5. The van der Waals surface area contributed by atoms with Crippen LogP contribution in [-0.4, -0.2) is 36.5 Å². The number of hydrogen-bond donors (Lipinski definition) is 1. The molecule has 2 aliphatic rings. The summed E-state index contributed by atoms with van der Waals surface area (Å²) < 4.78 is 0. The standard InChI is InChI=1S/C13H18N2OS/c1-9-8-15(6-5-14-9)13(16)12-11(4-7-17-12)10-2-3-10/h4,7,9-10,14H,2-3,5-6,8H2,1H3. The predicted octanol–water partition coefficient (Wildman–Crippen LogP) is 2.06. The lowest BCUT2D eigenvalue weighted by atomic mass is 10.1. The topological polar surface area (TPSA) is 32.3 Å². The third-order valence-electron chi connectivity index (χ3n) is 3.56. The Hall–Kier alpha value is -0.870. The molecule has 1 aliphatic carbocycles. The van der Waals surface area contributed by atoms with E-state index in [4.69, 9.17) is 0 Å². The first-order chi connectivity index (χ1) is 8.25. The summed E-state index contributed by atoms with van der Waals surface area (Å²) in [6, 6.07) is 2.55. The van der Waals surface area contributed by atoms with E-state index in [2.05, 4.69) is 23.7 Å². The van der Waals surface area contributed by atoms with Gasteiger partial charge in [0.05, 0.1) is 4.88 Å². The Labute approximate surface area is 106 Å². The lowest BCUT2D eigenvalue weighted by Crippen LogP contribution is -2.51. The highest BCUT2D eigenvalue weighted by Crippen LogP contribution is 2.43. The zero-order chi connectivity index (χ0) is 11.8. The summed E-state index contributed by atoms with van der Waals surface area (Å²) in [4.78, 5) is 15.5. The SMILES string of the molecule is CC1CN(C(=O)c2sccc2C2CC2)CCN1. The van der Waals surface area contributed by atoms with Crippen molar-refractivity contribution in [3.8, 4) is 0 Å². The maximum Gasteiger partial charge on any atom is 0.264 e. The average Bonchev–Trinajstić information content (AvgIpc) is 3.06. The molecule has 3 nitrogen and oxygen atoms in total. The van der Waals surface area contributed by atoms with Crippen molar-refractivity contribution in [2.75, 3.05) is 19.6 Å². The van der Waals surface area contributed by atoms with Crippen LogP contribution in [0.1, 0.15) is 40.9 Å². The lowest BCUT2D eigenvalue weighted by molar-refractivity contribution is 0.0713. The normalized spacial score (nSPS) is 25.0. The molecule has 2 heterocycles. The molecule has 1 aliphatic heterocycles. The number of carbonyl (C=O) groups excluding carboxylic acids is 1. The van der Waals surface area contributed by atoms with Crippen LogP contribution in [0.4, 0.5) is 0 Å². The van der Waals surface area contributed by atoms with Crippen LogP contribution in [0, 0.1) is 0 Å². The Bertz CT molecular complexity index is 425. The summed E-state index contributed by atoms with van der Waals surface area (Å²) in [7, 11) is 0. The van der Waals surface area contributed by atoms with Crippen LogP contribution in [0.25, 0.3) is 0 Å². The number of nitrogens with one attached hydrogen (secondary N) is 1. The summed E-state index contributed by atoms with van der Waals surface area (Å²) in [5.74, 6) is 0.913. The van der Waals surface area contributed by atoms with Crippen LogP contribution in [0.2, 0.25) is 0 Å². The van der Waals surface area contributed by atoms with Crippen LogP contribution in [0.5, 0.6) is 0 Å². The van der Waals surface area contributed by atoms with E-state index in [0.717, 1.165) is 24.5 Å². The van der Waals surface area contributed by atoms with Crippen LogP contribution >= 0.6 is 11.3 Å². The number of amides is 1. The molecule has 1 N–H and O–H groups in total. The van der Waals surface area contributed by atoms with Gasteiger partial charge in [0.15, 0.2) is 0 Å². The Morgan fingerprint density at radius 3 is 3.06 bits per heavy atom. The molecule has 0 radical (unpaired) electrons. The highest BCUT2D eigenvalue weighted by atomic mass is 32.1. The lowest BCUT2D eigenvalue weighted by Gasteiger charge is -2.31. The fraction of sp³-hybridized carbons (Fsp3) is 0.615. The van der Waals surface area contributed by atoms with Crippen molar-refractivity contribution in [2.45, 2.75) is 31.7 Å². The number of nitrogens with zero attached hydrogens (tertiary/aromatic N) is 1. The first kappa shape index (κ1) is 11.2. The second kappa shape index (κ2) is 4.42. The Morgan fingerprint density at radius 1 is 1.53 bits per heavy atom. The minimum absolute atomic E-state index is 0.246. The molecule has 0 bridgehead atoms. The first-order valence-electron chi connectivity index (χ1n) is 6.36. The second-order valence-electron chi connectivity index (χ2n) is 5.09. The number of carbonyl (C=O) groups is 1. The summed E-state index contributed by atoms with van der Waals surface area (Å²) in [5, 5.41) is 5.43. The van der Waals surface area contributed by atoms with E-state index in [0.29, 0.717) is 12.0 Å². The van der Waals surface area contributed by atoms with E-state index in [1.54, 1.807) is 11.3 Å². The first-order valence-corrected chi connectivity index (χ1v) is 7.23. The Balaban J connectivity index is 1.78. The van der Waals surface area contributed by atoms with E-state index in [9.17, 15) is 4.79 Å². The van der Waals surface area contributed by atoms with Gasteiger partial charge in [0.1, 0.15) is 0 Å². The summed E-state index contributed by atoms with van der Waals surface area (Å²) in [6.07, 6.45) is 2.52. The van der Waals surface area contributed by atoms with Gasteiger partial charge >= 0.3 is 0 Å². The predicted molar refractivity (Wildman–Crippen MR) is 69.7 cm³/mol. The summed E-state index contributed by atoms with van der Waals surface area (Å²) >= 11 is 1.61. The largest absolute Gasteiger partial charge is 0.335 e. The zero-order valence-corrected chi connectivity index (χ0v) is 10.9. The van der Waals surface area contributed by atoms with Crippen molar-refractivity contribution >= 4 is 17.2 Å². The minimum Gasteiger partial charge on any atom is -0.335 e. The molecule has 1 saturated heterocycles. The highest BCUT2D eigenvalue weighted by Gasteiger charge is 2.31.